The molecule has 1 aromatic heterocycles. The lowest BCUT2D eigenvalue weighted by Gasteiger charge is -2.09. The van der Waals surface area contributed by atoms with Crippen LogP contribution in [0.2, 0.25) is 0 Å². The number of carboxylic acid groups (broad SMARTS) is 1. The molecule has 2 N–H and O–H groups in total. The summed E-state index contributed by atoms with van der Waals surface area (Å²) in [5, 5.41) is 13.9. The first kappa shape index (κ1) is 13.4. The minimum atomic E-state index is -0.898. The van der Waals surface area contributed by atoms with Crippen LogP contribution in [0.4, 0.5) is 5.13 Å². The number of amides is 1. The molecule has 0 saturated carbocycles. The van der Waals surface area contributed by atoms with Gasteiger partial charge in [-0.25, -0.2) is 4.98 Å². The summed E-state index contributed by atoms with van der Waals surface area (Å²) in [4.78, 5) is 27.3. The van der Waals surface area contributed by atoms with E-state index in [-0.39, 0.29) is 12.3 Å². The van der Waals surface area contributed by atoms with Crippen molar-refractivity contribution >= 4 is 28.3 Å². The molecule has 6 nitrogen and oxygen atoms in total. The van der Waals surface area contributed by atoms with Crippen LogP contribution >= 0.6 is 11.3 Å². The molecule has 0 spiro atoms. The van der Waals surface area contributed by atoms with Gasteiger partial charge >= 0.3 is 5.97 Å². The quantitative estimate of drug-likeness (QED) is 0.782. The summed E-state index contributed by atoms with van der Waals surface area (Å²) in [5.74, 6) is -0.857. The number of rotatable bonds is 6. The van der Waals surface area contributed by atoms with Crippen LogP contribution in [0.3, 0.4) is 0 Å². The van der Waals surface area contributed by atoms with Gasteiger partial charge in [-0.2, -0.15) is 0 Å². The Balaban J connectivity index is 2.35. The summed E-state index contributed by atoms with van der Waals surface area (Å²) in [6, 6.07) is 0. The summed E-state index contributed by atoms with van der Waals surface area (Å²) < 4.78 is 0. The van der Waals surface area contributed by atoms with Crippen molar-refractivity contribution in [1.82, 2.24) is 9.88 Å². The summed E-state index contributed by atoms with van der Waals surface area (Å²) in [7, 11) is 3.41. The van der Waals surface area contributed by atoms with Crippen LogP contribution in [0.15, 0.2) is 5.38 Å². The number of carboxylic acids is 1. The Labute approximate surface area is 103 Å². The number of carbonyl (C=O) groups excluding carboxylic acids is 1. The number of thiazole rings is 1. The van der Waals surface area contributed by atoms with Gasteiger partial charge in [0, 0.05) is 32.4 Å². The average molecular weight is 257 g/mol. The van der Waals surface area contributed by atoms with Crippen molar-refractivity contribution in [2.24, 2.45) is 0 Å². The molecular weight excluding hydrogens is 242 g/mol. The van der Waals surface area contributed by atoms with Crippen LogP contribution in [-0.4, -0.2) is 47.5 Å². The van der Waals surface area contributed by atoms with Crippen LogP contribution in [-0.2, 0) is 16.0 Å². The van der Waals surface area contributed by atoms with Crippen LogP contribution in [0.1, 0.15) is 12.1 Å². The highest BCUT2D eigenvalue weighted by Crippen LogP contribution is 2.15. The Hall–Kier alpha value is -1.63. The maximum atomic E-state index is 11.3. The number of nitrogens with zero attached hydrogens (tertiary/aromatic N) is 2. The van der Waals surface area contributed by atoms with Gasteiger partial charge in [0.05, 0.1) is 12.1 Å². The van der Waals surface area contributed by atoms with Gasteiger partial charge < -0.3 is 15.3 Å². The van der Waals surface area contributed by atoms with E-state index in [2.05, 4.69) is 10.3 Å². The number of aliphatic carboxylic acids is 1. The standard InChI is InChI=1S/C10H15N3O3S/c1-13(2)8(14)3-4-11-10-12-7(6-17-10)5-9(15)16/h6H,3-5H2,1-2H3,(H,11,12)(H,15,16). The highest BCUT2D eigenvalue weighted by molar-refractivity contribution is 7.13. The van der Waals surface area contributed by atoms with Gasteiger partial charge in [0.15, 0.2) is 5.13 Å². The zero-order valence-electron chi connectivity index (χ0n) is 9.77. The topological polar surface area (TPSA) is 82.5 Å². The van der Waals surface area contributed by atoms with Crippen molar-refractivity contribution in [1.29, 1.82) is 0 Å². The van der Waals surface area contributed by atoms with Crippen LogP contribution in [0.25, 0.3) is 0 Å². The molecule has 0 bridgehead atoms. The third kappa shape index (κ3) is 4.81. The number of hydrogen-bond acceptors (Lipinski definition) is 5. The van der Waals surface area contributed by atoms with E-state index in [1.807, 2.05) is 0 Å². The van der Waals surface area contributed by atoms with Gasteiger partial charge in [-0.1, -0.05) is 0 Å². The Morgan fingerprint density at radius 3 is 2.82 bits per heavy atom. The van der Waals surface area contributed by atoms with Crippen molar-refractivity contribution in [2.45, 2.75) is 12.8 Å². The number of carbonyl (C=O) groups is 2. The zero-order valence-corrected chi connectivity index (χ0v) is 10.6. The molecule has 0 unspecified atom stereocenters. The fraction of sp³-hybridized carbons (Fsp3) is 0.500. The van der Waals surface area contributed by atoms with E-state index in [0.717, 1.165) is 0 Å². The molecule has 1 heterocycles. The molecule has 0 aliphatic carbocycles. The van der Waals surface area contributed by atoms with E-state index in [4.69, 9.17) is 5.11 Å². The van der Waals surface area contributed by atoms with E-state index in [0.29, 0.717) is 23.8 Å². The molecule has 17 heavy (non-hydrogen) atoms. The van der Waals surface area contributed by atoms with Gasteiger partial charge in [0.1, 0.15) is 0 Å². The van der Waals surface area contributed by atoms with Crippen molar-refractivity contribution < 1.29 is 14.7 Å². The first-order chi connectivity index (χ1) is 7.99. The van der Waals surface area contributed by atoms with Gasteiger partial charge in [0.25, 0.3) is 0 Å². The summed E-state index contributed by atoms with van der Waals surface area (Å²) in [6.45, 7) is 0.497. The van der Waals surface area contributed by atoms with Gasteiger partial charge in [0.2, 0.25) is 5.91 Å². The van der Waals surface area contributed by atoms with Crippen LogP contribution in [0, 0.1) is 0 Å². The van der Waals surface area contributed by atoms with E-state index in [1.54, 1.807) is 19.5 Å². The molecule has 0 atom stereocenters. The normalized spacial score (nSPS) is 10.0. The first-order valence-electron chi connectivity index (χ1n) is 5.09. The molecule has 1 aromatic rings. The second-order valence-corrected chi connectivity index (χ2v) is 4.54. The molecule has 94 valence electrons. The van der Waals surface area contributed by atoms with E-state index in [9.17, 15) is 9.59 Å². The number of anilines is 1. The van der Waals surface area contributed by atoms with E-state index in [1.165, 1.54) is 16.2 Å². The highest BCUT2D eigenvalue weighted by atomic mass is 32.1. The average Bonchev–Trinajstić information content (AvgIpc) is 2.64. The maximum Gasteiger partial charge on any atom is 0.309 e. The third-order valence-corrected chi connectivity index (χ3v) is 2.85. The van der Waals surface area contributed by atoms with Crippen molar-refractivity contribution in [3.8, 4) is 0 Å². The van der Waals surface area contributed by atoms with E-state index < -0.39 is 5.97 Å². The summed E-state index contributed by atoms with van der Waals surface area (Å²) in [6.07, 6.45) is 0.315. The molecule has 0 aliphatic rings. The summed E-state index contributed by atoms with van der Waals surface area (Å²) >= 11 is 1.34. The summed E-state index contributed by atoms with van der Waals surface area (Å²) in [5.41, 5.74) is 0.531. The Morgan fingerprint density at radius 1 is 1.53 bits per heavy atom. The predicted molar refractivity (Wildman–Crippen MR) is 65.3 cm³/mol. The third-order valence-electron chi connectivity index (χ3n) is 2.00. The predicted octanol–water partition coefficient (Wildman–Crippen LogP) is 0.660. The fourth-order valence-electron chi connectivity index (χ4n) is 1.12. The minimum Gasteiger partial charge on any atom is -0.481 e. The lowest BCUT2D eigenvalue weighted by atomic mass is 10.3. The lowest BCUT2D eigenvalue weighted by molar-refractivity contribution is -0.136. The Kier molecular flexibility index (Phi) is 4.89. The van der Waals surface area contributed by atoms with Crippen molar-refractivity contribution in [3.05, 3.63) is 11.1 Å². The molecule has 0 radical (unpaired) electrons. The monoisotopic (exact) mass is 257 g/mol. The second kappa shape index (κ2) is 6.19. The molecule has 1 rings (SSSR count). The molecule has 7 heteroatoms. The minimum absolute atomic E-state index is 0.0415. The van der Waals surface area contributed by atoms with Crippen LogP contribution < -0.4 is 5.32 Å². The largest absolute Gasteiger partial charge is 0.481 e. The number of aromatic nitrogens is 1. The Morgan fingerprint density at radius 2 is 2.24 bits per heavy atom. The molecule has 1 amide bonds. The zero-order chi connectivity index (χ0) is 12.8. The first-order valence-corrected chi connectivity index (χ1v) is 5.97. The van der Waals surface area contributed by atoms with Gasteiger partial charge in [-0.15, -0.1) is 11.3 Å². The fourth-order valence-corrected chi connectivity index (χ4v) is 1.86. The maximum absolute atomic E-state index is 11.3. The van der Waals surface area contributed by atoms with Gasteiger partial charge in [-0.05, 0) is 0 Å². The van der Waals surface area contributed by atoms with E-state index >= 15 is 0 Å². The highest BCUT2D eigenvalue weighted by Gasteiger charge is 2.07. The second-order valence-electron chi connectivity index (χ2n) is 3.68. The number of nitrogens with one attached hydrogen (secondary N) is 1. The molecule has 0 fully saturated rings. The van der Waals surface area contributed by atoms with Crippen molar-refractivity contribution in [3.63, 3.8) is 0 Å². The molecule has 0 saturated heterocycles. The molecular formula is C10H15N3O3S. The molecule has 0 aromatic carbocycles. The van der Waals surface area contributed by atoms with Crippen LogP contribution in [0.5, 0.6) is 0 Å². The smallest absolute Gasteiger partial charge is 0.309 e. The number of hydrogen-bond donors (Lipinski definition) is 2. The SMILES string of the molecule is CN(C)C(=O)CCNc1nc(CC(=O)O)cs1. The van der Waals surface area contributed by atoms with Gasteiger partial charge in [-0.3, -0.25) is 9.59 Å². The Bertz CT molecular complexity index is 403. The molecule has 0 aliphatic heterocycles. The van der Waals surface area contributed by atoms with Crippen molar-refractivity contribution in [2.75, 3.05) is 26.0 Å². The lowest BCUT2D eigenvalue weighted by Crippen LogP contribution is -2.23.